The van der Waals surface area contributed by atoms with Crippen molar-refractivity contribution in [2.75, 3.05) is 24.8 Å². The number of hydrogen-bond acceptors (Lipinski definition) is 6. The van der Waals surface area contributed by atoms with Crippen molar-refractivity contribution in [3.63, 3.8) is 0 Å². The maximum absolute atomic E-state index is 13.5. The highest BCUT2D eigenvalue weighted by atomic mass is 16.5. The number of rotatable bonds is 7. The van der Waals surface area contributed by atoms with Crippen LogP contribution in [0.3, 0.4) is 0 Å². The van der Waals surface area contributed by atoms with Crippen LogP contribution >= 0.6 is 0 Å². The second-order valence-electron chi connectivity index (χ2n) is 7.76. The molecule has 3 aromatic rings. The number of aryl methyl sites for hydroxylation is 1. The number of nitrogens with zero attached hydrogens (tertiary/aromatic N) is 6. The summed E-state index contributed by atoms with van der Waals surface area (Å²) < 4.78 is 10.0. The van der Waals surface area contributed by atoms with E-state index in [4.69, 9.17) is 4.74 Å². The average molecular weight is 437 g/mol. The predicted molar refractivity (Wildman–Crippen MR) is 126 cm³/mol. The number of hydrazone groups is 1. The normalized spacial score (nSPS) is 16.1. The minimum Gasteiger partial charge on any atom is -0.380 e. The van der Waals surface area contributed by atoms with Crippen LogP contribution in [0.4, 0.5) is 5.95 Å². The van der Waals surface area contributed by atoms with Crippen molar-refractivity contribution in [2.24, 2.45) is 12.1 Å². The fraction of sp³-hybridized carbons (Fsp3) is 0.391. The zero-order valence-corrected chi connectivity index (χ0v) is 18.9. The Labute approximate surface area is 185 Å². The van der Waals surface area contributed by atoms with E-state index in [0.29, 0.717) is 36.9 Å². The van der Waals surface area contributed by atoms with Crippen LogP contribution in [0.15, 0.2) is 51.1 Å². The van der Waals surface area contributed by atoms with Crippen molar-refractivity contribution in [1.82, 2.24) is 18.7 Å². The minimum absolute atomic E-state index is 0.156. The van der Waals surface area contributed by atoms with E-state index in [0.717, 1.165) is 11.3 Å². The molecule has 0 bridgehead atoms. The van der Waals surface area contributed by atoms with E-state index in [-0.39, 0.29) is 18.1 Å². The summed E-state index contributed by atoms with van der Waals surface area (Å²) in [5.74, 6) is 0.544. The fourth-order valence-electron chi connectivity index (χ4n) is 3.85. The number of anilines is 1. The molecule has 0 radical (unpaired) electrons. The molecule has 0 fully saturated rings. The summed E-state index contributed by atoms with van der Waals surface area (Å²) in [4.78, 5) is 31.1. The van der Waals surface area contributed by atoms with Crippen molar-refractivity contribution in [1.29, 1.82) is 0 Å². The van der Waals surface area contributed by atoms with Gasteiger partial charge in [0.15, 0.2) is 11.2 Å². The quantitative estimate of drug-likeness (QED) is 0.531. The Morgan fingerprint density at radius 3 is 2.66 bits per heavy atom. The van der Waals surface area contributed by atoms with Gasteiger partial charge in [-0.1, -0.05) is 42.5 Å². The molecule has 1 aromatic carbocycles. The predicted octanol–water partition coefficient (Wildman–Crippen LogP) is 2.40. The molecule has 3 heterocycles. The van der Waals surface area contributed by atoms with Crippen LogP contribution in [0.5, 0.6) is 0 Å². The van der Waals surface area contributed by atoms with Gasteiger partial charge < -0.3 is 4.74 Å². The van der Waals surface area contributed by atoms with Gasteiger partial charge >= 0.3 is 5.69 Å². The maximum atomic E-state index is 13.5. The molecule has 4 rings (SSSR count). The molecule has 2 aromatic heterocycles. The summed E-state index contributed by atoms with van der Waals surface area (Å²) in [7, 11) is 1.64. The highest BCUT2D eigenvalue weighted by Gasteiger charge is 2.30. The molecule has 0 saturated carbocycles. The number of aromatic nitrogens is 4. The Kier molecular flexibility index (Phi) is 6.09. The summed E-state index contributed by atoms with van der Waals surface area (Å²) in [6.07, 6.45) is 3.72. The van der Waals surface area contributed by atoms with Gasteiger partial charge in [-0.2, -0.15) is 10.1 Å². The summed E-state index contributed by atoms with van der Waals surface area (Å²) >= 11 is 0. The zero-order valence-electron chi connectivity index (χ0n) is 18.9. The van der Waals surface area contributed by atoms with Gasteiger partial charge in [0.1, 0.15) is 0 Å². The average Bonchev–Trinajstić information content (AvgIpc) is 3.20. The first-order valence-corrected chi connectivity index (χ1v) is 10.8. The first kappa shape index (κ1) is 21.8. The third-order valence-corrected chi connectivity index (χ3v) is 5.71. The zero-order chi connectivity index (χ0) is 22.8. The highest BCUT2D eigenvalue weighted by Crippen LogP contribution is 2.29. The van der Waals surface area contributed by atoms with Crippen LogP contribution < -0.4 is 16.3 Å². The molecular formula is C23H28N6O3. The summed E-state index contributed by atoms with van der Waals surface area (Å²) in [6.45, 7) is 7.61. The molecular weight excluding hydrogens is 408 g/mol. The number of allylic oxidation sites excluding steroid dienone is 1. The van der Waals surface area contributed by atoms with Gasteiger partial charge in [-0.05, 0) is 26.3 Å². The molecule has 9 heteroatoms. The number of benzene rings is 1. The molecule has 0 amide bonds. The van der Waals surface area contributed by atoms with E-state index in [9.17, 15) is 9.59 Å². The fourth-order valence-corrected chi connectivity index (χ4v) is 3.85. The second kappa shape index (κ2) is 8.96. The summed E-state index contributed by atoms with van der Waals surface area (Å²) in [5.41, 5.74) is 1.87. The Bertz CT molecular complexity index is 1300. The number of imidazole rings is 1. The molecule has 32 heavy (non-hydrogen) atoms. The third kappa shape index (κ3) is 3.80. The van der Waals surface area contributed by atoms with Crippen molar-refractivity contribution >= 4 is 28.9 Å². The monoisotopic (exact) mass is 436 g/mol. The van der Waals surface area contributed by atoms with Gasteiger partial charge in [0.05, 0.1) is 24.9 Å². The lowest BCUT2D eigenvalue weighted by Gasteiger charge is -2.29. The molecule has 0 N–H and O–H groups in total. The Balaban J connectivity index is 1.80. The molecule has 1 aliphatic heterocycles. The lowest BCUT2D eigenvalue weighted by Crippen LogP contribution is -2.40. The standard InChI is InChI=1S/C23H28N6O3/c1-5-32-15-14-28-22-24-20-19(29(22)17(3)16(2)25-28)21(30)27(23(31)26(20)4)13-9-12-18-10-7-6-8-11-18/h6-12,17H,5,13-15H2,1-4H3/b12-9-/t17-/m1/s1. The van der Waals surface area contributed by atoms with E-state index in [1.165, 1.54) is 9.13 Å². The van der Waals surface area contributed by atoms with Crippen LogP contribution in [-0.2, 0) is 18.3 Å². The van der Waals surface area contributed by atoms with Crippen LogP contribution in [-0.4, -0.2) is 44.2 Å². The first-order valence-electron chi connectivity index (χ1n) is 10.8. The van der Waals surface area contributed by atoms with E-state index in [1.807, 2.05) is 67.8 Å². The maximum Gasteiger partial charge on any atom is 0.332 e. The van der Waals surface area contributed by atoms with Crippen LogP contribution in [0.2, 0.25) is 0 Å². The van der Waals surface area contributed by atoms with Crippen LogP contribution in [0.25, 0.3) is 17.2 Å². The van der Waals surface area contributed by atoms with Crippen LogP contribution in [0.1, 0.15) is 32.4 Å². The largest absolute Gasteiger partial charge is 0.380 e. The Morgan fingerprint density at radius 2 is 1.94 bits per heavy atom. The van der Waals surface area contributed by atoms with Crippen molar-refractivity contribution in [3.05, 3.63) is 62.8 Å². The van der Waals surface area contributed by atoms with Crippen molar-refractivity contribution in [3.8, 4) is 0 Å². The SMILES string of the molecule is CCOCCN1N=C(C)[C@@H](C)n2c1nc1c2c(=O)n(C/C=C\c2ccccc2)c(=O)n1C. The van der Waals surface area contributed by atoms with Gasteiger partial charge in [0.25, 0.3) is 5.56 Å². The second-order valence-corrected chi connectivity index (χ2v) is 7.76. The lowest BCUT2D eigenvalue weighted by atomic mass is 10.2. The van der Waals surface area contributed by atoms with Gasteiger partial charge in [0, 0.05) is 20.2 Å². The third-order valence-electron chi connectivity index (χ3n) is 5.71. The van der Waals surface area contributed by atoms with E-state index in [1.54, 1.807) is 12.1 Å². The molecule has 9 nitrogen and oxygen atoms in total. The molecule has 168 valence electrons. The van der Waals surface area contributed by atoms with Gasteiger partial charge in [-0.3, -0.25) is 18.5 Å². The molecule has 1 aliphatic rings. The van der Waals surface area contributed by atoms with E-state index < -0.39 is 5.69 Å². The van der Waals surface area contributed by atoms with Gasteiger partial charge in [-0.25, -0.2) is 9.80 Å². The topological polar surface area (TPSA) is 86.7 Å². The lowest BCUT2D eigenvalue weighted by molar-refractivity contribution is 0.153. The molecule has 0 saturated heterocycles. The van der Waals surface area contributed by atoms with Gasteiger partial charge in [-0.15, -0.1) is 0 Å². The van der Waals surface area contributed by atoms with Crippen molar-refractivity contribution < 1.29 is 4.74 Å². The van der Waals surface area contributed by atoms with Crippen molar-refractivity contribution in [2.45, 2.75) is 33.4 Å². The van der Waals surface area contributed by atoms with Crippen LogP contribution in [0, 0.1) is 0 Å². The smallest absolute Gasteiger partial charge is 0.332 e. The highest BCUT2D eigenvalue weighted by molar-refractivity contribution is 5.91. The Morgan fingerprint density at radius 1 is 1.19 bits per heavy atom. The first-order chi connectivity index (χ1) is 15.4. The van der Waals surface area contributed by atoms with E-state index >= 15 is 0 Å². The number of ether oxygens (including phenoxy) is 1. The summed E-state index contributed by atoms with van der Waals surface area (Å²) in [5, 5.41) is 6.38. The minimum atomic E-state index is -0.401. The molecule has 0 spiro atoms. The van der Waals surface area contributed by atoms with Gasteiger partial charge in [0.2, 0.25) is 5.95 Å². The number of hydrogen-bond donors (Lipinski definition) is 0. The molecule has 0 aliphatic carbocycles. The molecule has 0 unspecified atom stereocenters. The number of fused-ring (bicyclic) bond motifs is 3. The van der Waals surface area contributed by atoms with E-state index in [2.05, 4.69) is 10.1 Å². The summed E-state index contributed by atoms with van der Waals surface area (Å²) in [6, 6.07) is 9.61. The Hall–Kier alpha value is -3.46. The molecule has 1 atom stereocenters.